The van der Waals surface area contributed by atoms with Gasteiger partial charge in [0.15, 0.2) is 0 Å². The van der Waals surface area contributed by atoms with Crippen molar-refractivity contribution in [1.82, 2.24) is 14.7 Å². The summed E-state index contributed by atoms with van der Waals surface area (Å²) in [5, 5.41) is 8.90. The molecule has 0 radical (unpaired) electrons. The van der Waals surface area contributed by atoms with Gasteiger partial charge < -0.3 is 9.80 Å². The lowest BCUT2D eigenvalue weighted by molar-refractivity contribution is -0.129. The predicted octanol–water partition coefficient (Wildman–Crippen LogP) is -0.00562. The van der Waals surface area contributed by atoms with E-state index in [9.17, 15) is 4.79 Å². The van der Waals surface area contributed by atoms with E-state index in [0.717, 1.165) is 32.6 Å². The molecule has 2 fully saturated rings. The van der Waals surface area contributed by atoms with Crippen LogP contribution in [0.15, 0.2) is 0 Å². The number of rotatable bonds is 4. The van der Waals surface area contributed by atoms with Crippen molar-refractivity contribution < 1.29 is 4.79 Å². The molecule has 2 rings (SSSR count). The quantitative estimate of drug-likeness (QED) is 0.704. The van der Waals surface area contributed by atoms with Crippen LogP contribution in [0.1, 0.15) is 12.8 Å². The Balaban J connectivity index is 1.82. The minimum Gasteiger partial charge on any atom is -0.337 e. The number of hydrogen-bond acceptors (Lipinski definition) is 4. The first-order valence-corrected chi connectivity index (χ1v) is 6.66. The van der Waals surface area contributed by atoms with E-state index in [2.05, 4.69) is 30.0 Å². The van der Waals surface area contributed by atoms with Crippen LogP contribution in [-0.4, -0.2) is 73.5 Å². The van der Waals surface area contributed by atoms with E-state index in [-0.39, 0.29) is 11.8 Å². The molecule has 1 amide bonds. The summed E-state index contributed by atoms with van der Waals surface area (Å²) in [4.78, 5) is 18.4. The van der Waals surface area contributed by atoms with Crippen molar-refractivity contribution in [3.05, 3.63) is 0 Å². The molecular formula is C13H22N4O. The first-order chi connectivity index (χ1) is 8.60. The molecule has 2 heterocycles. The lowest BCUT2D eigenvalue weighted by Gasteiger charge is -2.24. The Labute approximate surface area is 109 Å². The fraction of sp³-hybridized carbons (Fsp3) is 0.846. The van der Waals surface area contributed by atoms with Crippen LogP contribution < -0.4 is 0 Å². The van der Waals surface area contributed by atoms with Crippen LogP contribution in [0.5, 0.6) is 0 Å². The minimum absolute atomic E-state index is 0.0895. The van der Waals surface area contributed by atoms with E-state index in [4.69, 9.17) is 5.26 Å². The Morgan fingerprint density at radius 1 is 1.44 bits per heavy atom. The van der Waals surface area contributed by atoms with Crippen molar-refractivity contribution in [2.75, 3.05) is 46.8 Å². The van der Waals surface area contributed by atoms with Crippen LogP contribution >= 0.6 is 0 Å². The molecule has 0 N–H and O–H groups in total. The molecule has 2 unspecified atom stereocenters. The fourth-order valence-corrected chi connectivity index (χ4v) is 2.78. The zero-order valence-electron chi connectivity index (χ0n) is 11.3. The Kier molecular flexibility index (Phi) is 4.20. The Bertz CT molecular complexity index is 349. The van der Waals surface area contributed by atoms with E-state index in [1.807, 2.05) is 4.90 Å². The summed E-state index contributed by atoms with van der Waals surface area (Å²) >= 11 is 0. The summed E-state index contributed by atoms with van der Waals surface area (Å²) in [5.74, 6) is 0.0781. The molecule has 0 bridgehead atoms. The monoisotopic (exact) mass is 250 g/mol. The number of nitrogens with zero attached hydrogens (tertiary/aromatic N) is 4. The molecule has 5 heteroatoms. The van der Waals surface area contributed by atoms with Gasteiger partial charge >= 0.3 is 0 Å². The Morgan fingerprint density at radius 2 is 2.22 bits per heavy atom. The maximum absolute atomic E-state index is 11.9. The number of hydrogen-bond donors (Lipinski definition) is 0. The lowest BCUT2D eigenvalue weighted by Crippen LogP contribution is -2.39. The minimum atomic E-state index is -0.0895. The van der Waals surface area contributed by atoms with Crippen molar-refractivity contribution in [1.29, 1.82) is 5.26 Å². The number of likely N-dealkylation sites (tertiary alicyclic amines) is 2. The molecule has 5 nitrogen and oxygen atoms in total. The highest BCUT2D eigenvalue weighted by Gasteiger charge is 2.37. The molecule has 0 aliphatic carbocycles. The topological polar surface area (TPSA) is 50.6 Å². The van der Waals surface area contributed by atoms with E-state index in [0.29, 0.717) is 19.0 Å². The van der Waals surface area contributed by atoms with Gasteiger partial charge in [-0.25, -0.2) is 0 Å². The first kappa shape index (κ1) is 13.3. The third kappa shape index (κ3) is 3.01. The lowest BCUT2D eigenvalue weighted by atomic mass is 10.1. The molecule has 2 aliphatic heterocycles. The summed E-state index contributed by atoms with van der Waals surface area (Å²) in [6.45, 7) is 4.80. The number of nitriles is 1. The van der Waals surface area contributed by atoms with Crippen LogP contribution in [0.4, 0.5) is 0 Å². The zero-order valence-corrected chi connectivity index (χ0v) is 11.3. The van der Waals surface area contributed by atoms with Gasteiger partial charge in [-0.05, 0) is 20.5 Å². The maximum Gasteiger partial charge on any atom is 0.224 e. The van der Waals surface area contributed by atoms with Crippen LogP contribution in [0.3, 0.4) is 0 Å². The van der Waals surface area contributed by atoms with Crippen LogP contribution in [-0.2, 0) is 4.79 Å². The number of carbonyl (C=O) groups excluding carboxylic acids is 1. The van der Waals surface area contributed by atoms with Gasteiger partial charge in [0.1, 0.15) is 0 Å². The first-order valence-electron chi connectivity index (χ1n) is 6.66. The summed E-state index contributed by atoms with van der Waals surface area (Å²) in [6.07, 6.45) is 1.47. The smallest absolute Gasteiger partial charge is 0.224 e. The SMILES string of the molecule is CN(C)CCN1CCC(N2CC(C#N)CC2=O)C1. The van der Waals surface area contributed by atoms with Gasteiger partial charge in [0, 0.05) is 45.2 Å². The molecule has 0 aromatic rings. The van der Waals surface area contributed by atoms with E-state index in [1.54, 1.807) is 0 Å². The Morgan fingerprint density at radius 3 is 2.83 bits per heavy atom. The average Bonchev–Trinajstić information content (AvgIpc) is 2.92. The highest BCUT2D eigenvalue weighted by molar-refractivity contribution is 5.79. The van der Waals surface area contributed by atoms with Crippen molar-refractivity contribution in [2.45, 2.75) is 18.9 Å². The number of likely N-dealkylation sites (N-methyl/N-ethyl adjacent to an activating group) is 1. The van der Waals surface area contributed by atoms with Crippen molar-refractivity contribution in [2.24, 2.45) is 5.92 Å². The largest absolute Gasteiger partial charge is 0.337 e. The van der Waals surface area contributed by atoms with Gasteiger partial charge in [-0.2, -0.15) is 5.26 Å². The zero-order chi connectivity index (χ0) is 13.1. The van der Waals surface area contributed by atoms with Gasteiger partial charge in [-0.1, -0.05) is 0 Å². The summed E-state index contributed by atoms with van der Waals surface area (Å²) < 4.78 is 0. The molecule has 100 valence electrons. The second-order valence-electron chi connectivity index (χ2n) is 5.62. The molecule has 0 aromatic heterocycles. The fourth-order valence-electron chi connectivity index (χ4n) is 2.78. The van der Waals surface area contributed by atoms with Gasteiger partial charge in [0.05, 0.1) is 12.0 Å². The second-order valence-corrected chi connectivity index (χ2v) is 5.62. The molecule has 0 spiro atoms. The summed E-state index contributed by atoms with van der Waals surface area (Å²) in [6, 6.07) is 2.55. The standard InChI is InChI=1S/C13H22N4O/c1-15(2)5-6-16-4-3-12(10-16)17-9-11(8-14)7-13(17)18/h11-12H,3-7,9-10H2,1-2H3. The highest BCUT2D eigenvalue weighted by atomic mass is 16.2. The van der Waals surface area contributed by atoms with E-state index < -0.39 is 0 Å². The van der Waals surface area contributed by atoms with Crippen molar-refractivity contribution >= 4 is 5.91 Å². The second kappa shape index (κ2) is 5.68. The summed E-state index contributed by atoms with van der Waals surface area (Å²) in [7, 11) is 4.16. The molecule has 0 aromatic carbocycles. The molecule has 2 saturated heterocycles. The Hall–Kier alpha value is -1.12. The van der Waals surface area contributed by atoms with E-state index in [1.165, 1.54) is 0 Å². The van der Waals surface area contributed by atoms with Crippen molar-refractivity contribution in [3.8, 4) is 6.07 Å². The maximum atomic E-state index is 11.9. The molecule has 0 saturated carbocycles. The summed E-state index contributed by atoms with van der Waals surface area (Å²) in [5.41, 5.74) is 0. The normalized spacial score (nSPS) is 29.2. The average molecular weight is 250 g/mol. The third-order valence-corrected chi connectivity index (χ3v) is 3.89. The number of carbonyl (C=O) groups is 1. The van der Waals surface area contributed by atoms with Gasteiger partial charge in [0.25, 0.3) is 0 Å². The molecular weight excluding hydrogens is 228 g/mol. The third-order valence-electron chi connectivity index (χ3n) is 3.89. The predicted molar refractivity (Wildman–Crippen MR) is 68.8 cm³/mol. The van der Waals surface area contributed by atoms with Crippen LogP contribution in [0, 0.1) is 17.2 Å². The highest BCUT2D eigenvalue weighted by Crippen LogP contribution is 2.24. The molecule has 18 heavy (non-hydrogen) atoms. The number of amides is 1. The van der Waals surface area contributed by atoms with Gasteiger partial charge in [0.2, 0.25) is 5.91 Å². The van der Waals surface area contributed by atoms with Gasteiger partial charge in [-0.3, -0.25) is 9.69 Å². The van der Waals surface area contributed by atoms with Crippen LogP contribution in [0.2, 0.25) is 0 Å². The van der Waals surface area contributed by atoms with Crippen LogP contribution in [0.25, 0.3) is 0 Å². The molecule has 2 aliphatic rings. The van der Waals surface area contributed by atoms with Gasteiger partial charge in [-0.15, -0.1) is 0 Å². The molecule has 2 atom stereocenters. The van der Waals surface area contributed by atoms with E-state index >= 15 is 0 Å². The van der Waals surface area contributed by atoms with Crippen molar-refractivity contribution in [3.63, 3.8) is 0 Å².